The van der Waals surface area contributed by atoms with E-state index in [9.17, 15) is 5.11 Å². The van der Waals surface area contributed by atoms with Gasteiger partial charge in [-0.3, -0.25) is 0 Å². The molecule has 1 aromatic rings. The molecule has 0 amide bonds. The molecule has 4 rings (SSSR count). The molecule has 3 aliphatic rings. The molecule has 0 radical (unpaired) electrons. The number of rotatable bonds is 6. The van der Waals surface area contributed by atoms with Crippen LogP contribution in [0, 0.1) is 5.41 Å². The fourth-order valence-corrected chi connectivity index (χ4v) is 6.63. The maximum Gasteiger partial charge on any atom is 0.159 e. The Morgan fingerprint density at radius 1 is 1.19 bits per heavy atom. The van der Waals surface area contributed by atoms with Gasteiger partial charge in [0.25, 0.3) is 0 Å². The quantitative estimate of drug-likeness (QED) is 0.462. The summed E-state index contributed by atoms with van der Waals surface area (Å²) in [5.74, 6) is 1.59. The second-order valence-corrected chi connectivity index (χ2v) is 10.8. The fourth-order valence-electron chi connectivity index (χ4n) is 4.97. The first-order chi connectivity index (χ1) is 14.8. The van der Waals surface area contributed by atoms with Crippen molar-refractivity contribution in [2.75, 3.05) is 12.3 Å². The van der Waals surface area contributed by atoms with Crippen molar-refractivity contribution in [3.8, 4) is 0 Å². The SMILES string of the molecule is CCCC1(O)CCCC(C)(C2=NN=C3C(CSc4c(Cl)cccc4Cl)=CC=CN3C2)C1. The van der Waals surface area contributed by atoms with Crippen LogP contribution in [-0.2, 0) is 0 Å². The first-order valence-electron chi connectivity index (χ1n) is 10.9. The Bertz CT molecular complexity index is 949. The summed E-state index contributed by atoms with van der Waals surface area (Å²) >= 11 is 14.3. The smallest absolute Gasteiger partial charge is 0.159 e. The van der Waals surface area contributed by atoms with Crippen LogP contribution in [0.5, 0.6) is 0 Å². The fraction of sp³-hybridized carbons (Fsp3) is 0.500. The molecule has 2 unspecified atom stereocenters. The van der Waals surface area contributed by atoms with Crippen LogP contribution in [0.1, 0.15) is 52.4 Å². The van der Waals surface area contributed by atoms with Gasteiger partial charge in [-0.25, -0.2) is 0 Å². The Balaban J connectivity index is 1.52. The van der Waals surface area contributed by atoms with E-state index in [0.717, 1.165) is 60.5 Å². The number of allylic oxidation sites excluding steroid dienone is 2. The normalized spacial score (nSPS) is 28.0. The highest BCUT2D eigenvalue weighted by Crippen LogP contribution is 2.45. The number of halogens is 2. The molecule has 2 atom stereocenters. The average molecular weight is 478 g/mol. The highest BCUT2D eigenvalue weighted by atomic mass is 35.5. The van der Waals surface area contributed by atoms with E-state index < -0.39 is 5.60 Å². The summed E-state index contributed by atoms with van der Waals surface area (Å²) in [6.07, 6.45) is 11.8. The molecule has 1 N–H and O–H groups in total. The molecule has 1 aromatic carbocycles. The molecule has 4 nitrogen and oxygen atoms in total. The summed E-state index contributed by atoms with van der Waals surface area (Å²) in [4.78, 5) is 3.06. The van der Waals surface area contributed by atoms with Crippen molar-refractivity contribution in [3.05, 3.63) is 52.2 Å². The number of thioether (sulfide) groups is 1. The van der Waals surface area contributed by atoms with Gasteiger partial charge in [-0.2, -0.15) is 5.10 Å². The summed E-state index contributed by atoms with van der Waals surface area (Å²) in [7, 11) is 0. The van der Waals surface area contributed by atoms with Crippen molar-refractivity contribution < 1.29 is 5.11 Å². The highest BCUT2D eigenvalue weighted by molar-refractivity contribution is 7.99. The Morgan fingerprint density at radius 2 is 1.97 bits per heavy atom. The molecular formula is C24H29Cl2N3OS. The lowest BCUT2D eigenvalue weighted by atomic mass is 9.65. The van der Waals surface area contributed by atoms with E-state index in [0.29, 0.717) is 22.3 Å². The third kappa shape index (κ3) is 4.90. The minimum atomic E-state index is -0.581. The second-order valence-electron chi connectivity index (χ2n) is 9.04. The molecule has 1 fully saturated rings. The molecule has 166 valence electrons. The first-order valence-corrected chi connectivity index (χ1v) is 12.7. The standard InChI is InChI=1S/C24H29Cl2N3OS/c1-3-10-24(30)12-6-11-23(2,16-24)20-14-29-13-5-7-17(22(29)28-27-20)15-31-21-18(25)8-4-9-19(21)26/h4-5,7-9,13,30H,3,6,10-12,14-16H2,1-2H3. The van der Waals surface area contributed by atoms with Gasteiger partial charge in [0.2, 0.25) is 0 Å². The van der Waals surface area contributed by atoms with Gasteiger partial charge in [-0.05, 0) is 50.3 Å². The number of nitrogens with zero attached hydrogens (tertiary/aromatic N) is 3. The van der Waals surface area contributed by atoms with Crippen LogP contribution in [0.2, 0.25) is 10.0 Å². The molecule has 1 saturated carbocycles. The van der Waals surface area contributed by atoms with Gasteiger partial charge in [-0.1, -0.05) is 55.6 Å². The Kier molecular flexibility index (Phi) is 6.87. The van der Waals surface area contributed by atoms with Crippen LogP contribution in [-0.4, -0.2) is 39.5 Å². The molecule has 0 bridgehead atoms. The van der Waals surface area contributed by atoms with E-state index in [4.69, 9.17) is 28.3 Å². The minimum Gasteiger partial charge on any atom is -0.390 e. The third-order valence-corrected chi connectivity index (χ3v) is 8.54. The molecule has 0 saturated heterocycles. The number of hydrogen-bond acceptors (Lipinski definition) is 5. The molecule has 2 heterocycles. The molecule has 0 spiro atoms. The maximum absolute atomic E-state index is 11.1. The number of hydrogen-bond donors (Lipinski definition) is 1. The van der Waals surface area contributed by atoms with Gasteiger partial charge in [0.05, 0.1) is 27.9 Å². The van der Waals surface area contributed by atoms with Crippen LogP contribution >= 0.6 is 35.0 Å². The number of benzene rings is 1. The van der Waals surface area contributed by atoms with Gasteiger partial charge in [0, 0.05) is 27.8 Å². The largest absolute Gasteiger partial charge is 0.390 e. The van der Waals surface area contributed by atoms with E-state index in [1.165, 1.54) is 0 Å². The van der Waals surface area contributed by atoms with E-state index in [1.54, 1.807) is 11.8 Å². The van der Waals surface area contributed by atoms with Crippen LogP contribution in [0.3, 0.4) is 0 Å². The summed E-state index contributed by atoms with van der Waals surface area (Å²) in [5.41, 5.74) is 1.47. The monoisotopic (exact) mass is 477 g/mol. The number of amidine groups is 1. The lowest BCUT2D eigenvalue weighted by Gasteiger charge is -2.45. The first kappa shape index (κ1) is 22.9. The Labute approximate surface area is 199 Å². The average Bonchev–Trinajstić information content (AvgIpc) is 2.73. The zero-order chi connectivity index (χ0) is 22.1. The van der Waals surface area contributed by atoms with Gasteiger partial charge in [0.1, 0.15) is 0 Å². The van der Waals surface area contributed by atoms with Crippen molar-refractivity contribution in [3.63, 3.8) is 0 Å². The van der Waals surface area contributed by atoms with Crippen LogP contribution < -0.4 is 0 Å². The van der Waals surface area contributed by atoms with Gasteiger partial charge in [-0.15, -0.1) is 16.9 Å². The van der Waals surface area contributed by atoms with E-state index >= 15 is 0 Å². The predicted octanol–water partition coefficient (Wildman–Crippen LogP) is 6.72. The van der Waals surface area contributed by atoms with Crippen molar-refractivity contribution >= 4 is 46.5 Å². The third-order valence-electron chi connectivity index (χ3n) is 6.50. The van der Waals surface area contributed by atoms with Gasteiger partial charge in [0.15, 0.2) is 5.84 Å². The number of aliphatic hydroxyl groups is 1. The second kappa shape index (κ2) is 9.30. The van der Waals surface area contributed by atoms with Crippen LogP contribution in [0.25, 0.3) is 0 Å². The van der Waals surface area contributed by atoms with Crippen molar-refractivity contribution in [1.82, 2.24) is 4.90 Å². The summed E-state index contributed by atoms with van der Waals surface area (Å²) in [6, 6.07) is 5.57. The summed E-state index contributed by atoms with van der Waals surface area (Å²) in [5, 5.41) is 21.7. The Morgan fingerprint density at radius 3 is 2.71 bits per heavy atom. The molecule has 31 heavy (non-hydrogen) atoms. The summed E-state index contributed by atoms with van der Waals surface area (Å²) < 4.78 is 0. The van der Waals surface area contributed by atoms with Crippen LogP contribution in [0.15, 0.2) is 57.2 Å². The Hall–Kier alpha value is -1.27. The topological polar surface area (TPSA) is 48.2 Å². The number of fused-ring (bicyclic) bond motifs is 1. The van der Waals surface area contributed by atoms with Gasteiger partial charge >= 0.3 is 0 Å². The van der Waals surface area contributed by atoms with Crippen LogP contribution in [0.4, 0.5) is 0 Å². The molecular weight excluding hydrogens is 449 g/mol. The maximum atomic E-state index is 11.1. The highest BCUT2D eigenvalue weighted by Gasteiger charge is 2.44. The van der Waals surface area contributed by atoms with Crippen molar-refractivity contribution in [2.24, 2.45) is 15.6 Å². The lowest BCUT2D eigenvalue weighted by molar-refractivity contribution is -0.0334. The molecule has 1 aliphatic carbocycles. The molecule has 7 heteroatoms. The van der Waals surface area contributed by atoms with Crippen molar-refractivity contribution in [2.45, 2.75) is 62.9 Å². The van der Waals surface area contributed by atoms with E-state index in [-0.39, 0.29) is 5.41 Å². The zero-order valence-corrected chi connectivity index (χ0v) is 20.4. The lowest BCUT2D eigenvalue weighted by Crippen LogP contribution is -2.48. The van der Waals surface area contributed by atoms with E-state index in [1.807, 2.05) is 18.2 Å². The van der Waals surface area contributed by atoms with E-state index in [2.05, 4.69) is 42.2 Å². The summed E-state index contributed by atoms with van der Waals surface area (Å²) in [6.45, 7) is 5.09. The molecule has 0 aromatic heterocycles. The minimum absolute atomic E-state index is 0.119. The zero-order valence-electron chi connectivity index (χ0n) is 18.1. The van der Waals surface area contributed by atoms with Gasteiger partial charge < -0.3 is 10.0 Å². The molecule has 2 aliphatic heterocycles. The van der Waals surface area contributed by atoms with Crippen molar-refractivity contribution in [1.29, 1.82) is 0 Å². The predicted molar refractivity (Wildman–Crippen MR) is 132 cm³/mol.